The Morgan fingerprint density at radius 3 is 2.46 bits per heavy atom. The minimum atomic E-state index is -1.08. The average Bonchev–Trinajstić information content (AvgIpc) is 2.92. The van der Waals surface area contributed by atoms with Gasteiger partial charge in [0.1, 0.15) is 23.5 Å². The number of nitrogens with two attached hydrogens (primary N) is 1. The van der Waals surface area contributed by atoms with Crippen LogP contribution in [-0.2, 0) is 14.4 Å². The number of carboxylic acid groups (broad SMARTS) is 1. The molecule has 3 rings (SSSR count). The number of urea groups is 1. The van der Waals surface area contributed by atoms with Crippen LogP contribution >= 0.6 is 11.8 Å². The third-order valence-electron chi connectivity index (χ3n) is 4.77. The van der Waals surface area contributed by atoms with E-state index in [1.165, 1.54) is 16.7 Å². The lowest BCUT2D eigenvalue weighted by atomic mass is 9.95. The lowest BCUT2D eigenvalue weighted by Gasteiger charge is -2.44. The van der Waals surface area contributed by atoms with E-state index in [-0.39, 0.29) is 0 Å². The highest BCUT2D eigenvalue weighted by Gasteiger charge is 2.64. The second kappa shape index (κ2) is 7.32. The Morgan fingerprint density at radius 2 is 1.89 bits per heavy atom. The van der Waals surface area contributed by atoms with Gasteiger partial charge in [-0.15, -0.1) is 11.8 Å². The summed E-state index contributed by atoms with van der Waals surface area (Å²) < 4.78 is -0.692. The Bertz CT molecular complexity index is 817. The van der Waals surface area contributed by atoms with Crippen LogP contribution in [0.5, 0.6) is 0 Å². The Balaban J connectivity index is 1.77. The number of thioether (sulfide) groups is 1. The van der Waals surface area contributed by atoms with Crippen molar-refractivity contribution >= 4 is 35.6 Å². The molecule has 2 aliphatic heterocycles. The molecular weight excluding hydrogens is 386 g/mol. The fourth-order valence-corrected chi connectivity index (χ4v) is 5.13. The van der Waals surface area contributed by atoms with E-state index in [4.69, 9.17) is 5.84 Å². The molecule has 1 aromatic rings. The molecule has 2 fully saturated rings. The number of β-lactam (4-membered cyclic amide) rings is 1. The van der Waals surface area contributed by atoms with E-state index in [1.807, 2.05) is 5.43 Å². The average molecular weight is 407 g/mol. The molecule has 11 heteroatoms. The maximum Gasteiger partial charge on any atom is 0.329 e. The highest BCUT2D eigenvalue weighted by molar-refractivity contribution is 8.01. The first-order chi connectivity index (χ1) is 13.2. The van der Waals surface area contributed by atoms with Gasteiger partial charge in [-0.25, -0.2) is 15.4 Å². The van der Waals surface area contributed by atoms with Crippen molar-refractivity contribution in [3.8, 4) is 0 Å². The first kappa shape index (κ1) is 20.0. The van der Waals surface area contributed by atoms with Crippen LogP contribution in [0.2, 0.25) is 0 Å². The van der Waals surface area contributed by atoms with E-state index in [0.717, 1.165) is 0 Å². The number of carbonyl (C=O) groups is 4. The van der Waals surface area contributed by atoms with Crippen LogP contribution in [0.25, 0.3) is 0 Å². The molecule has 1 unspecified atom stereocenters. The highest BCUT2D eigenvalue weighted by Crippen LogP contribution is 2.50. The smallest absolute Gasteiger partial charge is 0.329 e. The number of rotatable bonds is 5. The minimum Gasteiger partial charge on any atom is -0.480 e. The van der Waals surface area contributed by atoms with Crippen LogP contribution in [0.15, 0.2) is 30.3 Å². The van der Waals surface area contributed by atoms with Gasteiger partial charge in [0.15, 0.2) is 0 Å². The van der Waals surface area contributed by atoms with Crippen LogP contribution < -0.4 is 21.9 Å². The summed E-state index contributed by atoms with van der Waals surface area (Å²) in [6.45, 7) is 3.50. The van der Waals surface area contributed by atoms with E-state index < -0.39 is 52.1 Å². The number of hydrazine groups is 1. The van der Waals surface area contributed by atoms with Crippen LogP contribution in [0.4, 0.5) is 4.79 Å². The maximum atomic E-state index is 12.8. The highest BCUT2D eigenvalue weighted by atomic mass is 32.2. The minimum absolute atomic E-state index is 0.459. The number of carboxylic acids is 1. The zero-order valence-electron chi connectivity index (χ0n) is 15.2. The quantitative estimate of drug-likeness (QED) is 0.191. The number of amides is 4. The van der Waals surface area contributed by atoms with Crippen molar-refractivity contribution in [1.29, 1.82) is 0 Å². The van der Waals surface area contributed by atoms with Crippen molar-refractivity contribution < 1.29 is 24.3 Å². The second-order valence-corrected chi connectivity index (χ2v) is 8.82. The molecule has 0 spiro atoms. The summed E-state index contributed by atoms with van der Waals surface area (Å²) in [5.41, 5.74) is 2.41. The molecule has 0 aromatic heterocycles. The number of hydrogen-bond donors (Lipinski definition) is 5. The van der Waals surface area contributed by atoms with Crippen molar-refractivity contribution in [1.82, 2.24) is 21.0 Å². The molecule has 2 heterocycles. The molecule has 150 valence electrons. The largest absolute Gasteiger partial charge is 0.480 e. The van der Waals surface area contributed by atoms with Gasteiger partial charge in [0.2, 0.25) is 11.8 Å². The summed E-state index contributed by atoms with van der Waals surface area (Å²) in [5.74, 6) is 2.96. The molecule has 0 bridgehead atoms. The number of nitrogens with zero attached hydrogens (tertiary/aromatic N) is 1. The van der Waals surface area contributed by atoms with E-state index in [1.54, 1.807) is 44.2 Å². The van der Waals surface area contributed by atoms with Gasteiger partial charge in [0.05, 0.1) is 0 Å². The number of carbonyl (C=O) groups excluding carboxylic acids is 3. The summed E-state index contributed by atoms with van der Waals surface area (Å²) in [4.78, 5) is 49.9. The lowest BCUT2D eigenvalue weighted by molar-refractivity contribution is -0.161. The molecule has 2 saturated heterocycles. The number of hydrogen-bond acceptors (Lipinski definition) is 6. The molecule has 2 aliphatic rings. The number of aliphatic carboxylic acids is 1. The number of nitrogens with one attached hydrogen (secondary N) is 3. The SMILES string of the molecule is CC1(C)S[C@@H]2[C@H](NC(=O)C(NC(=O)NN)c3ccccc3)C(=O)N2[C@H]1C(=O)O. The van der Waals surface area contributed by atoms with Crippen molar-refractivity contribution in [2.75, 3.05) is 0 Å². The van der Waals surface area contributed by atoms with Crippen molar-refractivity contribution in [3.63, 3.8) is 0 Å². The molecule has 0 saturated carbocycles. The molecule has 0 aliphatic carbocycles. The lowest BCUT2D eigenvalue weighted by Crippen LogP contribution is -2.71. The van der Waals surface area contributed by atoms with Gasteiger partial charge in [-0.05, 0) is 19.4 Å². The molecule has 4 amide bonds. The van der Waals surface area contributed by atoms with Gasteiger partial charge < -0.3 is 20.6 Å². The summed E-state index contributed by atoms with van der Waals surface area (Å²) in [6, 6.07) is 4.84. The third kappa shape index (κ3) is 3.38. The Labute approximate surface area is 165 Å². The Morgan fingerprint density at radius 1 is 1.25 bits per heavy atom. The number of fused-ring (bicyclic) bond motifs is 1. The number of benzene rings is 1. The molecular formula is C17H21N5O5S. The van der Waals surface area contributed by atoms with Crippen LogP contribution in [-0.4, -0.2) is 56.0 Å². The summed E-state index contributed by atoms with van der Waals surface area (Å²) in [6.07, 6.45) is 0. The normalized spacial score (nSPS) is 25.9. The van der Waals surface area contributed by atoms with Crippen LogP contribution in [0, 0.1) is 0 Å². The van der Waals surface area contributed by atoms with E-state index in [9.17, 15) is 24.3 Å². The van der Waals surface area contributed by atoms with E-state index >= 15 is 0 Å². The standard InChI is InChI=1S/C17H21N5O5S/c1-17(2)11(15(25)26)22-13(24)10(14(22)28-17)19-12(23)9(20-16(27)21-18)8-6-4-3-5-7-8/h3-7,9-11,14H,18H2,1-2H3,(H,19,23)(H,25,26)(H2,20,21,27)/t9?,10-,11+,14-/m1/s1. The van der Waals surface area contributed by atoms with Crippen LogP contribution in [0.1, 0.15) is 25.5 Å². The van der Waals surface area contributed by atoms with Gasteiger partial charge in [0, 0.05) is 4.75 Å². The van der Waals surface area contributed by atoms with E-state index in [2.05, 4.69) is 10.6 Å². The van der Waals surface area contributed by atoms with Crippen molar-refractivity contribution in [2.45, 2.75) is 42.1 Å². The molecule has 4 atom stereocenters. The Kier molecular flexibility index (Phi) is 5.22. The van der Waals surface area contributed by atoms with E-state index in [0.29, 0.717) is 5.56 Å². The second-order valence-electron chi connectivity index (χ2n) is 7.05. The molecule has 1 aromatic carbocycles. The first-order valence-electron chi connectivity index (χ1n) is 8.52. The Hall–Kier alpha value is -2.79. The van der Waals surface area contributed by atoms with Gasteiger partial charge in [0.25, 0.3) is 0 Å². The van der Waals surface area contributed by atoms with Gasteiger partial charge in [-0.1, -0.05) is 30.3 Å². The molecule has 28 heavy (non-hydrogen) atoms. The van der Waals surface area contributed by atoms with Gasteiger partial charge >= 0.3 is 12.0 Å². The molecule has 6 N–H and O–H groups in total. The summed E-state index contributed by atoms with van der Waals surface area (Å²) in [5, 5.41) is 14.1. The zero-order chi connectivity index (χ0) is 20.6. The van der Waals surface area contributed by atoms with Crippen molar-refractivity contribution in [3.05, 3.63) is 35.9 Å². The predicted molar refractivity (Wildman–Crippen MR) is 101 cm³/mol. The monoisotopic (exact) mass is 407 g/mol. The van der Waals surface area contributed by atoms with Crippen molar-refractivity contribution in [2.24, 2.45) is 5.84 Å². The summed E-state index contributed by atoms with van der Waals surface area (Å²) >= 11 is 1.32. The topological polar surface area (TPSA) is 154 Å². The van der Waals surface area contributed by atoms with Crippen LogP contribution in [0.3, 0.4) is 0 Å². The van der Waals surface area contributed by atoms with Gasteiger partial charge in [-0.3, -0.25) is 15.0 Å². The summed E-state index contributed by atoms with van der Waals surface area (Å²) in [7, 11) is 0. The fraction of sp³-hybridized carbons (Fsp3) is 0.412. The third-order valence-corrected chi connectivity index (χ3v) is 6.35. The zero-order valence-corrected chi connectivity index (χ0v) is 16.0. The fourth-order valence-electron chi connectivity index (χ4n) is 3.50. The first-order valence-corrected chi connectivity index (χ1v) is 9.40. The van der Waals surface area contributed by atoms with Gasteiger partial charge in [-0.2, -0.15) is 0 Å². The molecule has 10 nitrogen and oxygen atoms in total. The predicted octanol–water partition coefficient (Wildman–Crippen LogP) is -0.468. The maximum absolute atomic E-state index is 12.8. The molecule has 0 radical (unpaired) electrons.